The van der Waals surface area contributed by atoms with Crippen molar-refractivity contribution in [3.8, 4) is 0 Å². The Balaban J connectivity index is 2.25. The lowest BCUT2D eigenvalue weighted by molar-refractivity contribution is -0.161. The molecule has 1 fully saturated rings. The summed E-state index contributed by atoms with van der Waals surface area (Å²) >= 11 is 0. The Morgan fingerprint density at radius 3 is 2.48 bits per heavy atom. The number of fused-ring (bicyclic) bond motifs is 1. The first-order valence-corrected chi connectivity index (χ1v) is 9.40. The van der Waals surface area contributed by atoms with Crippen LogP contribution >= 0.6 is 0 Å². The first-order valence-electron chi connectivity index (χ1n) is 7.68. The molecule has 0 bridgehead atoms. The number of nitrogens with zero attached hydrogens (tertiary/aromatic N) is 1. The highest BCUT2D eigenvalue weighted by Crippen LogP contribution is 2.44. The molecule has 11 heteroatoms. The minimum Gasteiger partial charge on any atom is -0.477 e. The summed E-state index contributed by atoms with van der Waals surface area (Å²) < 4.78 is 24.9. The second-order valence-corrected chi connectivity index (χ2v) is 8.81. The molecule has 140 valence electrons. The van der Waals surface area contributed by atoms with Gasteiger partial charge in [0, 0.05) is 6.42 Å². The lowest BCUT2D eigenvalue weighted by atomic mass is 9.83. The van der Waals surface area contributed by atoms with E-state index < -0.39 is 56.7 Å². The summed E-state index contributed by atoms with van der Waals surface area (Å²) in [6.45, 7) is 2.77. The van der Waals surface area contributed by atoms with Gasteiger partial charge in [-0.25, -0.2) is 19.1 Å². The second kappa shape index (κ2) is 6.73. The van der Waals surface area contributed by atoms with Crippen molar-refractivity contribution in [1.29, 1.82) is 0 Å². The van der Waals surface area contributed by atoms with Crippen molar-refractivity contribution >= 4 is 27.6 Å². The second-order valence-electron chi connectivity index (χ2n) is 6.39. The summed E-state index contributed by atoms with van der Waals surface area (Å²) in [5.41, 5.74) is 1.61. The van der Waals surface area contributed by atoms with Crippen LogP contribution in [0, 0.1) is 5.92 Å². The summed E-state index contributed by atoms with van der Waals surface area (Å²) in [7, 11) is -3.83. The Hall–Kier alpha value is -1.98. The fourth-order valence-electron chi connectivity index (χ4n) is 3.32. The van der Waals surface area contributed by atoms with E-state index in [-0.39, 0.29) is 24.1 Å². The number of nitrogens with two attached hydrogens (primary N) is 1. The summed E-state index contributed by atoms with van der Waals surface area (Å²) in [6, 6.07) is -0.550. The summed E-state index contributed by atoms with van der Waals surface area (Å²) in [5, 5.41) is 18.0. The Morgan fingerprint density at radius 2 is 2.00 bits per heavy atom. The smallest absolute Gasteiger partial charge is 0.352 e. The molecular formula is C14H21N3O7S. The van der Waals surface area contributed by atoms with Gasteiger partial charge in [-0.1, -0.05) is 0 Å². The van der Waals surface area contributed by atoms with E-state index in [1.54, 1.807) is 0 Å². The van der Waals surface area contributed by atoms with Crippen molar-refractivity contribution in [2.45, 2.75) is 44.1 Å². The zero-order chi connectivity index (χ0) is 19.1. The van der Waals surface area contributed by atoms with Gasteiger partial charge in [0.15, 0.2) is 9.84 Å². The molecule has 0 radical (unpaired) electrons. The zero-order valence-corrected chi connectivity index (χ0v) is 14.6. The first-order chi connectivity index (χ1) is 11.5. The number of hydrogen-bond acceptors (Lipinski definition) is 7. The molecule has 2 heterocycles. The number of amides is 2. The van der Waals surface area contributed by atoms with Crippen LogP contribution in [0.1, 0.15) is 26.7 Å². The number of nitrogens with one attached hydrogen (secondary N) is 1. The molecule has 0 aromatic carbocycles. The Labute approximate surface area is 144 Å². The number of aliphatic hydroxyl groups excluding tert-OH is 1. The number of hydrogen-bond donors (Lipinski definition) is 4. The van der Waals surface area contributed by atoms with Gasteiger partial charge in [0.2, 0.25) is 11.8 Å². The first kappa shape index (κ1) is 19.3. The van der Waals surface area contributed by atoms with Crippen LogP contribution in [0.15, 0.2) is 11.3 Å². The van der Waals surface area contributed by atoms with Crippen LogP contribution in [0.2, 0.25) is 0 Å². The van der Waals surface area contributed by atoms with Crippen LogP contribution in [0.3, 0.4) is 0 Å². The van der Waals surface area contributed by atoms with E-state index >= 15 is 0 Å². The van der Waals surface area contributed by atoms with Crippen LogP contribution in [-0.4, -0.2) is 64.5 Å². The highest BCUT2D eigenvalue weighted by Gasteiger charge is 2.56. The molecule has 25 heavy (non-hydrogen) atoms. The van der Waals surface area contributed by atoms with Crippen molar-refractivity contribution in [1.82, 2.24) is 10.3 Å². The lowest BCUT2D eigenvalue weighted by Gasteiger charge is -2.44. The number of carbonyl (C=O) groups excluding carboxylic acids is 2. The van der Waals surface area contributed by atoms with Gasteiger partial charge in [0.1, 0.15) is 5.70 Å². The Morgan fingerprint density at radius 1 is 1.40 bits per heavy atom. The minimum absolute atomic E-state index is 0.0674. The van der Waals surface area contributed by atoms with Gasteiger partial charge in [0.25, 0.3) is 0 Å². The van der Waals surface area contributed by atoms with E-state index in [0.717, 1.165) is 4.90 Å². The molecule has 2 rings (SSSR count). The number of carboxylic acids is 1. The van der Waals surface area contributed by atoms with Crippen LogP contribution < -0.4 is 11.3 Å². The largest absolute Gasteiger partial charge is 0.477 e. The topological polar surface area (TPSA) is 167 Å². The van der Waals surface area contributed by atoms with Crippen molar-refractivity contribution in [2.75, 3.05) is 5.75 Å². The minimum atomic E-state index is -3.83. The normalized spacial score (nSPS) is 25.3. The van der Waals surface area contributed by atoms with E-state index in [9.17, 15) is 33.0 Å². The van der Waals surface area contributed by atoms with Gasteiger partial charge >= 0.3 is 5.97 Å². The van der Waals surface area contributed by atoms with Crippen molar-refractivity contribution in [2.24, 2.45) is 11.8 Å². The number of aliphatic hydroxyl groups is 1. The predicted octanol–water partition coefficient (Wildman–Crippen LogP) is -1.88. The molecule has 4 atom stereocenters. The molecule has 0 aromatic heterocycles. The molecule has 0 spiro atoms. The third-order valence-electron chi connectivity index (χ3n) is 4.64. The number of carboxylic acid groups (broad SMARTS) is 1. The molecule has 5 N–H and O–H groups in total. The molecule has 0 aromatic rings. The third kappa shape index (κ3) is 3.39. The quantitative estimate of drug-likeness (QED) is 0.173. The maximum absolute atomic E-state index is 12.4. The average Bonchev–Trinajstić information content (AvgIpc) is 2.80. The highest BCUT2D eigenvalue weighted by atomic mass is 32.2. The monoisotopic (exact) mass is 375 g/mol. The Kier molecular flexibility index (Phi) is 5.21. The molecule has 2 aliphatic rings. The maximum atomic E-state index is 12.4. The van der Waals surface area contributed by atoms with Gasteiger partial charge in [-0.2, -0.15) is 0 Å². The summed E-state index contributed by atoms with van der Waals surface area (Å²) in [6.07, 6.45) is -1.23. The lowest BCUT2D eigenvalue weighted by Crippen LogP contribution is -2.61. The van der Waals surface area contributed by atoms with Crippen LogP contribution in [-0.2, 0) is 24.2 Å². The SMILES string of the molecule is CC(O)C1C(=O)N2C(C(=O)O)=C(CS(=O)(=O)C(C)CC(=O)NN)CC12. The number of hydrazine groups is 1. The van der Waals surface area contributed by atoms with Crippen molar-refractivity contribution in [3.05, 3.63) is 11.3 Å². The molecule has 4 unspecified atom stereocenters. The van der Waals surface area contributed by atoms with Gasteiger partial charge in [0.05, 0.1) is 29.1 Å². The van der Waals surface area contributed by atoms with Gasteiger partial charge in [-0.05, 0) is 25.8 Å². The summed E-state index contributed by atoms with van der Waals surface area (Å²) in [4.78, 5) is 35.9. The van der Waals surface area contributed by atoms with E-state index in [1.807, 2.05) is 5.43 Å². The van der Waals surface area contributed by atoms with Gasteiger partial charge < -0.3 is 15.1 Å². The van der Waals surface area contributed by atoms with Crippen molar-refractivity contribution < 1.29 is 33.0 Å². The summed E-state index contributed by atoms with van der Waals surface area (Å²) in [5.74, 6) is 1.06. The molecule has 0 saturated carbocycles. The molecule has 2 aliphatic heterocycles. The van der Waals surface area contributed by atoms with Crippen molar-refractivity contribution in [3.63, 3.8) is 0 Å². The standard InChI is InChI=1S/C14H21N3O7S/c1-6(3-10(19)16-15)25(23,24)5-8-4-9-11(7(2)18)13(20)17(9)12(8)14(21)22/h6-7,9,11,18H,3-5,15H2,1-2H3,(H,16,19)(H,21,22). The molecule has 2 amide bonds. The average molecular weight is 375 g/mol. The molecule has 1 saturated heterocycles. The molecular weight excluding hydrogens is 354 g/mol. The molecule has 10 nitrogen and oxygen atoms in total. The van der Waals surface area contributed by atoms with Gasteiger partial charge in [-0.3, -0.25) is 15.0 Å². The van der Waals surface area contributed by atoms with Gasteiger partial charge in [-0.15, -0.1) is 0 Å². The number of β-lactam (4-membered cyclic amide) rings is 1. The van der Waals surface area contributed by atoms with Crippen LogP contribution in [0.4, 0.5) is 0 Å². The number of rotatable bonds is 7. The van der Waals surface area contributed by atoms with E-state index in [4.69, 9.17) is 5.84 Å². The fraction of sp³-hybridized carbons (Fsp3) is 0.643. The van der Waals surface area contributed by atoms with E-state index in [0.29, 0.717) is 0 Å². The van der Waals surface area contributed by atoms with E-state index in [2.05, 4.69) is 0 Å². The number of aliphatic carboxylic acids is 1. The third-order valence-corrected chi connectivity index (χ3v) is 6.79. The highest BCUT2D eigenvalue weighted by molar-refractivity contribution is 7.92. The Bertz CT molecular complexity index is 744. The van der Waals surface area contributed by atoms with Crippen LogP contribution in [0.25, 0.3) is 0 Å². The van der Waals surface area contributed by atoms with Crippen LogP contribution in [0.5, 0.6) is 0 Å². The number of sulfone groups is 1. The number of carbonyl (C=O) groups is 3. The maximum Gasteiger partial charge on any atom is 0.352 e. The fourth-order valence-corrected chi connectivity index (χ4v) is 4.75. The zero-order valence-electron chi connectivity index (χ0n) is 13.8. The predicted molar refractivity (Wildman–Crippen MR) is 85.3 cm³/mol. The van der Waals surface area contributed by atoms with E-state index in [1.165, 1.54) is 13.8 Å². The molecule has 0 aliphatic carbocycles.